The molecule has 3 rings (SSSR count). The SMILES string of the molecule is COc1ccc(OC)c(CN2CC(=O)Nc3ccc(Cl)cc3C2C(F)(F)F)c1. The molecule has 0 saturated heterocycles. The monoisotopic (exact) mass is 414 g/mol. The van der Waals surface area contributed by atoms with E-state index in [-0.39, 0.29) is 22.8 Å². The average molecular weight is 415 g/mol. The highest BCUT2D eigenvalue weighted by Crippen LogP contribution is 2.44. The Bertz CT molecular complexity index is 889. The quantitative estimate of drug-likeness (QED) is 0.805. The number of methoxy groups -OCH3 is 2. The van der Waals surface area contributed by atoms with Gasteiger partial charge in [0.25, 0.3) is 0 Å². The maximum absolute atomic E-state index is 14.1. The van der Waals surface area contributed by atoms with Crippen LogP contribution < -0.4 is 14.8 Å². The molecule has 0 bridgehead atoms. The maximum atomic E-state index is 14.1. The smallest absolute Gasteiger partial charge is 0.408 e. The van der Waals surface area contributed by atoms with Crippen molar-refractivity contribution in [3.63, 3.8) is 0 Å². The van der Waals surface area contributed by atoms with Crippen molar-refractivity contribution in [1.29, 1.82) is 0 Å². The predicted octanol–water partition coefficient (Wildman–Crippen LogP) is 4.41. The first kappa shape index (κ1) is 20.3. The normalized spacial score (nSPS) is 17.5. The first-order valence-electron chi connectivity index (χ1n) is 8.34. The summed E-state index contributed by atoms with van der Waals surface area (Å²) < 4.78 is 52.6. The van der Waals surface area contributed by atoms with Crippen LogP contribution in [0.5, 0.6) is 11.5 Å². The summed E-state index contributed by atoms with van der Waals surface area (Å²) in [4.78, 5) is 13.3. The summed E-state index contributed by atoms with van der Waals surface area (Å²) >= 11 is 5.94. The third kappa shape index (κ3) is 4.18. The molecule has 28 heavy (non-hydrogen) atoms. The van der Waals surface area contributed by atoms with Crippen molar-refractivity contribution in [1.82, 2.24) is 4.90 Å². The minimum absolute atomic E-state index is 0.0943. The maximum Gasteiger partial charge on any atom is 0.408 e. The minimum Gasteiger partial charge on any atom is -0.497 e. The predicted molar refractivity (Wildman–Crippen MR) is 98.8 cm³/mol. The van der Waals surface area contributed by atoms with Crippen LogP contribution in [0.15, 0.2) is 36.4 Å². The molecule has 1 aliphatic heterocycles. The second-order valence-corrected chi connectivity index (χ2v) is 6.74. The summed E-state index contributed by atoms with van der Waals surface area (Å²) in [5, 5.41) is 2.68. The van der Waals surface area contributed by atoms with Gasteiger partial charge in [-0.1, -0.05) is 11.6 Å². The molecular formula is C19H18ClF3N2O3. The minimum atomic E-state index is -4.63. The van der Waals surface area contributed by atoms with Crippen LogP contribution in [0.3, 0.4) is 0 Å². The van der Waals surface area contributed by atoms with Crippen LogP contribution in [0.4, 0.5) is 18.9 Å². The fraction of sp³-hybridized carbons (Fsp3) is 0.316. The second kappa shape index (κ2) is 7.89. The molecule has 1 amide bonds. The number of amides is 1. The van der Waals surface area contributed by atoms with Crippen molar-refractivity contribution in [2.24, 2.45) is 0 Å². The lowest BCUT2D eigenvalue weighted by molar-refractivity contribution is -0.187. The molecule has 0 fully saturated rings. The van der Waals surface area contributed by atoms with Gasteiger partial charge < -0.3 is 14.8 Å². The number of benzene rings is 2. The number of carbonyl (C=O) groups excluding carboxylic acids is 1. The Morgan fingerprint density at radius 1 is 1.18 bits per heavy atom. The Balaban J connectivity index is 2.09. The lowest BCUT2D eigenvalue weighted by atomic mass is 10.0. The van der Waals surface area contributed by atoms with Gasteiger partial charge in [0, 0.05) is 28.4 Å². The Kier molecular flexibility index (Phi) is 5.71. The van der Waals surface area contributed by atoms with Crippen molar-refractivity contribution in [3.8, 4) is 11.5 Å². The van der Waals surface area contributed by atoms with Crippen molar-refractivity contribution in [3.05, 3.63) is 52.5 Å². The molecule has 2 aromatic carbocycles. The van der Waals surface area contributed by atoms with E-state index in [4.69, 9.17) is 21.1 Å². The molecule has 1 heterocycles. The molecule has 0 aromatic heterocycles. The number of anilines is 1. The van der Waals surface area contributed by atoms with Gasteiger partial charge in [0.1, 0.15) is 17.5 Å². The first-order chi connectivity index (χ1) is 13.2. The van der Waals surface area contributed by atoms with Gasteiger partial charge in [-0.25, -0.2) is 0 Å². The molecule has 9 heteroatoms. The van der Waals surface area contributed by atoms with Crippen LogP contribution >= 0.6 is 11.6 Å². The number of alkyl halides is 3. The van der Waals surface area contributed by atoms with Crippen LogP contribution in [0, 0.1) is 0 Å². The van der Waals surface area contributed by atoms with Crippen molar-refractivity contribution < 1.29 is 27.4 Å². The standard InChI is InChI=1S/C19H18ClF3N2O3/c1-27-13-4-6-16(28-2)11(7-13)9-25-10-17(26)24-15-5-3-12(20)8-14(15)18(25)19(21,22)23/h3-8,18H,9-10H2,1-2H3,(H,24,26). The van der Waals surface area contributed by atoms with Gasteiger partial charge in [-0.05, 0) is 36.4 Å². The largest absolute Gasteiger partial charge is 0.497 e. The van der Waals surface area contributed by atoms with Crippen molar-refractivity contribution >= 4 is 23.2 Å². The lowest BCUT2D eigenvalue weighted by Crippen LogP contribution is -2.40. The van der Waals surface area contributed by atoms with Crippen LogP contribution in [0.2, 0.25) is 5.02 Å². The first-order valence-corrected chi connectivity index (χ1v) is 8.71. The summed E-state index contributed by atoms with van der Waals surface area (Å²) in [6.45, 7) is -0.624. The van der Waals surface area contributed by atoms with Crippen LogP contribution in [-0.4, -0.2) is 37.7 Å². The van der Waals surface area contributed by atoms with Crippen molar-refractivity contribution in [2.45, 2.75) is 18.8 Å². The van der Waals surface area contributed by atoms with E-state index in [9.17, 15) is 18.0 Å². The van der Waals surface area contributed by atoms with E-state index in [2.05, 4.69) is 5.32 Å². The van der Waals surface area contributed by atoms with E-state index < -0.39 is 24.7 Å². The highest BCUT2D eigenvalue weighted by Gasteiger charge is 2.47. The van der Waals surface area contributed by atoms with E-state index in [0.717, 1.165) is 4.90 Å². The Labute approximate surface area is 165 Å². The second-order valence-electron chi connectivity index (χ2n) is 6.31. The highest BCUT2D eigenvalue weighted by molar-refractivity contribution is 6.30. The lowest BCUT2D eigenvalue weighted by Gasteiger charge is -2.32. The molecule has 150 valence electrons. The topological polar surface area (TPSA) is 50.8 Å². The average Bonchev–Trinajstić information content (AvgIpc) is 2.76. The van der Waals surface area contributed by atoms with Crippen molar-refractivity contribution in [2.75, 3.05) is 26.1 Å². The van der Waals surface area contributed by atoms with E-state index in [1.807, 2.05) is 0 Å². The number of hydrogen-bond donors (Lipinski definition) is 1. The molecule has 2 aromatic rings. The zero-order valence-corrected chi connectivity index (χ0v) is 15.9. The molecule has 0 radical (unpaired) electrons. The van der Waals surface area contributed by atoms with Gasteiger partial charge in [0.2, 0.25) is 5.91 Å². The van der Waals surface area contributed by atoms with Crippen LogP contribution in [0.25, 0.3) is 0 Å². The van der Waals surface area contributed by atoms with E-state index in [1.165, 1.54) is 32.4 Å². The van der Waals surface area contributed by atoms with Gasteiger partial charge in [-0.2, -0.15) is 13.2 Å². The summed E-state index contributed by atoms with van der Waals surface area (Å²) in [5.74, 6) is 0.331. The van der Waals surface area contributed by atoms with E-state index >= 15 is 0 Å². The number of carbonyl (C=O) groups is 1. The molecule has 0 spiro atoms. The number of halogens is 4. The van der Waals surface area contributed by atoms with Gasteiger partial charge in [0.05, 0.1) is 20.8 Å². The van der Waals surface area contributed by atoms with Gasteiger partial charge >= 0.3 is 6.18 Å². The summed E-state index contributed by atoms with van der Waals surface area (Å²) in [6.07, 6.45) is -4.63. The van der Waals surface area contributed by atoms with Crippen LogP contribution in [0.1, 0.15) is 17.2 Å². The molecule has 1 unspecified atom stereocenters. The highest BCUT2D eigenvalue weighted by atomic mass is 35.5. The number of nitrogens with one attached hydrogen (secondary N) is 1. The number of nitrogens with zero attached hydrogens (tertiary/aromatic N) is 1. The third-order valence-electron chi connectivity index (χ3n) is 4.47. The van der Waals surface area contributed by atoms with E-state index in [1.54, 1.807) is 18.2 Å². The Morgan fingerprint density at radius 3 is 2.57 bits per heavy atom. The van der Waals surface area contributed by atoms with Gasteiger partial charge in [0.15, 0.2) is 0 Å². The molecular weight excluding hydrogens is 397 g/mol. The summed E-state index contributed by atoms with van der Waals surface area (Å²) in [5.41, 5.74) is 0.457. The summed E-state index contributed by atoms with van der Waals surface area (Å²) in [7, 11) is 2.89. The number of fused-ring (bicyclic) bond motifs is 1. The Morgan fingerprint density at radius 2 is 1.93 bits per heavy atom. The molecule has 0 saturated carbocycles. The van der Waals surface area contributed by atoms with Crippen LogP contribution in [-0.2, 0) is 11.3 Å². The fourth-order valence-corrected chi connectivity index (χ4v) is 3.47. The van der Waals surface area contributed by atoms with Gasteiger partial charge in [-0.3, -0.25) is 9.69 Å². The third-order valence-corrected chi connectivity index (χ3v) is 4.70. The molecule has 5 nitrogen and oxygen atoms in total. The Hall–Kier alpha value is -2.45. The fourth-order valence-electron chi connectivity index (χ4n) is 3.29. The van der Waals surface area contributed by atoms with Gasteiger partial charge in [-0.15, -0.1) is 0 Å². The zero-order chi connectivity index (χ0) is 20.5. The molecule has 1 atom stereocenters. The molecule has 0 aliphatic carbocycles. The van der Waals surface area contributed by atoms with E-state index in [0.29, 0.717) is 17.1 Å². The number of hydrogen-bond acceptors (Lipinski definition) is 4. The summed E-state index contributed by atoms with van der Waals surface area (Å²) in [6, 6.07) is 6.88. The number of ether oxygens (including phenoxy) is 2. The zero-order valence-electron chi connectivity index (χ0n) is 15.1. The number of rotatable bonds is 4. The molecule has 1 N–H and O–H groups in total. The molecule has 1 aliphatic rings.